The first kappa shape index (κ1) is 19.8. The van der Waals surface area contributed by atoms with Gasteiger partial charge in [-0.3, -0.25) is 9.69 Å². The molecule has 26 heavy (non-hydrogen) atoms. The molecule has 0 saturated heterocycles. The Morgan fingerprint density at radius 3 is 1.96 bits per heavy atom. The van der Waals surface area contributed by atoms with Crippen LogP contribution in [-0.4, -0.2) is 24.4 Å². The number of rotatable bonds is 6. The monoisotopic (exact) mass is 372 g/mol. The van der Waals surface area contributed by atoms with Gasteiger partial charge in [0.1, 0.15) is 6.04 Å². The van der Waals surface area contributed by atoms with E-state index in [9.17, 15) is 26.7 Å². The van der Waals surface area contributed by atoms with Crippen LogP contribution in [-0.2, 0) is 11.3 Å². The number of nitrogens with zero attached hydrogens (tertiary/aromatic N) is 1. The lowest BCUT2D eigenvalue weighted by atomic mass is 10.0. The van der Waals surface area contributed by atoms with E-state index in [0.29, 0.717) is 12.1 Å². The smallest absolute Gasteiger partial charge is 0.242 e. The maximum absolute atomic E-state index is 13.7. The van der Waals surface area contributed by atoms with Crippen LogP contribution in [0, 0.1) is 29.1 Å². The lowest BCUT2D eigenvalue weighted by Crippen LogP contribution is -2.38. The Morgan fingerprint density at radius 1 is 0.962 bits per heavy atom. The van der Waals surface area contributed by atoms with Gasteiger partial charge in [0.25, 0.3) is 0 Å². The van der Waals surface area contributed by atoms with Gasteiger partial charge in [-0.1, -0.05) is 37.3 Å². The number of benzene rings is 2. The second-order valence-electron chi connectivity index (χ2n) is 5.65. The van der Waals surface area contributed by atoms with Gasteiger partial charge in [-0.2, -0.15) is 0 Å². The van der Waals surface area contributed by atoms with Crippen molar-refractivity contribution in [2.24, 2.45) is 0 Å². The van der Waals surface area contributed by atoms with Crippen molar-refractivity contribution in [3.05, 3.63) is 70.5 Å². The predicted molar refractivity (Wildman–Crippen MR) is 85.6 cm³/mol. The Labute approximate surface area is 147 Å². The maximum atomic E-state index is 13.7. The third-order valence-corrected chi connectivity index (χ3v) is 4.04. The summed E-state index contributed by atoms with van der Waals surface area (Å²) < 4.78 is 67.0. The molecule has 0 unspecified atom stereocenters. The van der Waals surface area contributed by atoms with E-state index in [0.717, 1.165) is 0 Å². The fraction of sp³-hybridized carbons (Fsp3) is 0.278. The van der Waals surface area contributed by atoms with E-state index < -0.39 is 53.1 Å². The second-order valence-corrected chi connectivity index (χ2v) is 5.65. The molecule has 0 aromatic heterocycles. The fourth-order valence-electron chi connectivity index (χ4n) is 2.50. The molecule has 1 N–H and O–H groups in total. The van der Waals surface area contributed by atoms with E-state index in [1.807, 2.05) is 6.92 Å². The molecular formula is C18H17F5N2O. The normalized spacial score (nSPS) is 12.3. The van der Waals surface area contributed by atoms with E-state index >= 15 is 0 Å². The molecule has 0 aliphatic heterocycles. The van der Waals surface area contributed by atoms with Gasteiger partial charge in [0.2, 0.25) is 11.7 Å². The summed E-state index contributed by atoms with van der Waals surface area (Å²) >= 11 is 0. The average molecular weight is 372 g/mol. The molecule has 0 saturated carbocycles. The summed E-state index contributed by atoms with van der Waals surface area (Å²) in [5, 5.41) is 2.25. The molecule has 2 rings (SSSR count). The van der Waals surface area contributed by atoms with Crippen LogP contribution in [0.25, 0.3) is 0 Å². The number of carbonyl (C=O) groups is 1. The van der Waals surface area contributed by atoms with Gasteiger partial charge in [-0.25, -0.2) is 22.0 Å². The molecule has 0 fully saturated rings. The molecule has 0 radical (unpaired) electrons. The number of hydrogen-bond donors (Lipinski definition) is 1. The zero-order valence-corrected chi connectivity index (χ0v) is 14.1. The van der Waals surface area contributed by atoms with E-state index in [4.69, 9.17) is 0 Å². The highest BCUT2D eigenvalue weighted by Gasteiger charge is 2.28. The minimum Gasteiger partial charge on any atom is -0.350 e. The summed E-state index contributed by atoms with van der Waals surface area (Å²) in [5.41, 5.74) is -0.451. The van der Waals surface area contributed by atoms with E-state index in [2.05, 4.69) is 5.32 Å². The Balaban J connectivity index is 2.27. The summed E-state index contributed by atoms with van der Waals surface area (Å²) in [4.78, 5) is 14.2. The lowest BCUT2D eigenvalue weighted by molar-refractivity contribution is -0.126. The number of amides is 1. The highest BCUT2D eigenvalue weighted by atomic mass is 19.2. The number of carbonyl (C=O) groups excluding carboxylic acids is 1. The topological polar surface area (TPSA) is 32.3 Å². The van der Waals surface area contributed by atoms with Gasteiger partial charge in [-0.15, -0.1) is 0 Å². The molecule has 0 aliphatic carbocycles. The summed E-state index contributed by atoms with van der Waals surface area (Å²) in [6.07, 6.45) is 0. The van der Waals surface area contributed by atoms with Crippen molar-refractivity contribution in [2.45, 2.75) is 19.5 Å². The highest BCUT2D eigenvalue weighted by molar-refractivity contribution is 5.83. The number of likely N-dealkylation sites (N-methyl/N-ethyl adjacent to an activating group) is 1. The van der Waals surface area contributed by atoms with Crippen molar-refractivity contribution in [3.63, 3.8) is 0 Å². The highest BCUT2D eigenvalue weighted by Crippen LogP contribution is 2.24. The molecular weight excluding hydrogens is 355 g/mol. The Hall–Kier alpha value is -2.48. The zero-order valence-electron chi connectivity index (χ0n) is 14.1. The molecule has 0 bridgehead atoms. The van der Waals surface area contributed by atoms with E-state index in [1.54, 1.807) is 42.3 Å². The maximum Gasteiger partial charge on any atom is 0.242 e. The van der Waals surface area contributed by atoms with Crippen LogP contribution in [0.2, 0.25) is 0 Å². The van der Waals surface area contributed by atoms with Crippen molar-refractivity contribution in [2.75, 3.05) is 13.6 Å². The van der Waals surface area contributed by atoms with E-state index in [1.165, 1.54) is 0 Å². The van der Waals surface area contributed by atoms with Crippen molar-refractivity contribution in [1.29, 1.82) is 0 Å². The summed E-state index contributed by atoms with van der Waals surface area (Å²) in [6, 6.07) is 7.84. The largest absolute Gasteiger partial charge is 0.350 e. The van der Waals surface area contributed by atoms with Crippen LogP contribution < -0.4 is 5.32 Å². The van der Waals surface area contributed by atoms with Crippen molar-refractivity contribution >= 4 is 5.91 Å². The van der Waals surface area contributed by atoms with Gasteiger partial charge in [0, 0.05) is 12.1 Å². The first-order valence-corrected chi connectivity index (χ1v) is 7.82. The molecule has 0 spiro atoms. The van der Waals surface area contributed by atoms with Gasteiger partial charge < -0.3 is 5.32 Å². The van der Waals surface area contributed by atoms with E-state index in [-0.39, 0.29) is 0 Å². The Bertz CT molecular complexity index is 769. The quantitative estimate of drug-likeness (QED) is 0.477. The molecule has 3 nitrogen and oxygen atoms in total. The molecule has 140 valence electrons. The minimum absolute atomic E-state index is 0.496. The van der Waals surface area contributed by atoms with Crippen LogP contribution in [0.15, 0.2) is 30.3 Å². The summed E-state index contributed by atoms with van der Waals surface area (Å²) in [7, 11) is 1.68. The van der Waals surface area contributed by atoms with Crippen LogP contribution in [0.4, 0.5) is 22.0 Å². The molecule has 0 heterocycles. The first-order chi connectivity index (χ1) is 12.3. The van der Waals surface area contributed by atoms with Crippen LogP contribution in [0.3, 0.4) is 0 Å². The van der Waals surface area contributed by atoms with Gasteiger partial charge in [-0.05, 0) is 19.2 Å². The molecule has 0 aliphatic rings. The van der Waals surface area contributed by atoms with Crippen molar-refractivity contribution in [3.8, 4) is 0 Å². The number of nitrogens with one attached hydrogen (secondary N) is 1. The molecule has 2 aromatic rings. The number of hydrogen-bond acceptors (Lipinski definition) is 2. The molecule has 8 heteroatoms. The summed E-state index contributed by atoms with van der Waals surface area (Å²) in [5.74, 6) is -10.9. The minimum atomic E-state index is -2.23. The first-order valence-electron chi connectivity index (χ1n) is 7.82. The fourth-order valence-corrected chi connectivity index (χ4v) is 2.50. The van der Waals surface area contributed by atoms with Crippen LogP contribution in [0.5, 0.6) is 0 Å². The molecule has 1 amide bonds. The molecule has 2 aromatic carbocycles. The van der Waals surface area contributed by atoms with Gasteiger partial charge in [0.05, 0.1) is 0 Å². The zero-order chi connectivity index (χ0) is 19.4. The standard InChI is InChI=1S/C18H17F5N2O/c1-3-25(2)17(10-7-5-4-6-8-10)18(26)24-9-11-12(19)14(21)16(23)15(22)13(11)20/h4-8,17H,3,9H2,1-2H3,(H,24,26)/t17-/m1/s1. The SMILES string of the molecule is CCN(C)[C@@H](C(=O)NCc1c(F)c(F)c(F)c(F)c1F)c1ccccc1. The Morgan fingerprint density at radius 2 is 1.46 bits per heavy atom. The van der Waals surface area contributed by atoms with Gasteiger partial charge in [0.15, 0.2) is 23.3 Å². The predicted octanol–water partition coefficient (Wildman–Crippen LogP) is 3.69. The Kier molecular flexibility index (Phi) is 6.31. The van der Waals surface area contributed by atoms with Crippen LogP contribution in [0.1, 0.15) is 24.1 Å². The lowest BCUT2D eigenvalue weighted by Gasteiger charge is -2.26. The third-order valence-electron chi connectivity index (χ3n) is 4.04. The van der Waals surface area contributed by atoms with Crippen molar-refractivity contribution < 1.29 is 26.7 Å². The van der Waals surface area contributed by atoms with Crippen molar-refractivity contribution in [1.82, 2.24) is 10.2 Å². The summed E-state index contributed by atoms with van der Waals surface area (Å²) in [6.45, 7) is 1.48. The second kappa shape index (κ2) is 8.27. The van der Waals surface area contributed by atoms with Crippen LogP contribution >= 0.6 is 0 Å². The average Bonchev–Trinajstić information content (AvgIpc) is 2.65. The van der Waals surface area contributed by atoms with Gasteiger partial charge >= 0.3 is 0 Å². The third kappa shape index (κ3) is 3.85. The number of halogens is 5. The molecule has 1 atom stereocenters.